The Morgan fingerprint density at radius 2 is 2.30 bits per heavy atom. The molecule has 4 N–H and O–H groups in total. The van der Waals surface area contributed by atoms with Crippen molar-refractivity contribution in [1.29, 1.82) is 0 Å². The number of rotatable bonds is 6. The summed E-state index contributed by atoms with van der Waals surface area (Å²) in [4.78, 5) is 0.125. The summed E-state index contributed by atoms with van der Waals surface area (Å²) in [5, 5.41) is 10.8. The van der Waals surface area contributed by atoms with Crippen LogP contribution in [0.5, 0.6) is 0 Å². The summed E-state index contributed by atoms with van der Waals surface area (Å²) >= 11 is 0. The van der Waals surface area contributed by atoms with Crippen molar-refractivity contribution in [3.8, 4) is 0 Å². The summed E-state index contributed by atoms with van der Waals surface area (Å²) in [7, 11) is -3.40. The van der Waals surface area contributed by atoms with Crippen LogP contribution in [0.1, 0.15) is 26.2 Å². The van der Waals surface area contributed by atoms with E-state index in [0.29, 0.717) is 12.4 Å². The van der Waals surface area contributed by atoms with Gasteiger partial charge in [-0.05, 0) is 19.4 Å². The molecule has 0 bridgehead atoms. The third-order valence-corrected chi connectivity index (χ3v) is 4.59. The standard InChI is InChI=1S/C12H23N5O2S/c1-3-4-7-17-11(13)10(20(2,18)19)12(16-17)15-9-5-6-14-8-9/h9,14H,3-8,13H2,1-2H3,(H,15,16). The maximum atomic E-state index is 11.9. The number of nitrogens with one attached hydrogen (secondary N) is 2. The fourth-order valence-electron chi connectivity index (χ4n) is 2.37. The zero-order valence-electron chi connectivity index (χ0n) is 12.0. The van der Waals surface area contributed by atoms with Gasteiger partial charge in [0, 0.05) is 25.4 Å². The Morgan fingerprint density at radius 3 is 2.85 bits per heavy atom. The monoisotopic (exact) mass is 301 g/mol. The molecule has 0 aromatic carbocycles. The molecule has 1 aliphatic heterocycles. The summed E-state index contributed by atoms with van der Waals surface area (Å²) < 4.78 is 25.5. The number of nitrogens with zero attached hydrogens (tertiary/aromatic N) is 2. The van der Waals surface area contributed by atoms with Gasteiger partial charge in [-0.2, -0.15) is 5.10 Å². The molecule has 0 saturated carbocycles. The number of hydrogen-bond acceptors (Lipinski definition) is 6. The van der Waals surface area contributed by atoms with E-state index >= 15 is 0 Å². The van der Waals surface area contributed by atoms with Gasteiger partial charge in [0.25, 0.3) is 0 Å². The number of unbranched alkanes of at least 4 members (excludes halogenated alkanes) is 1. The first-order chi connectivity index (χ1) is 9.43. The minimum absolute atomic E-state index is 0.125. The van der Waals surface area contributed by atoms with E-state index in [2.05, 4.69) is 22.7 Å². The molecule has 2 rings (SSSR count). The van der Waals surface area contributed by atoms with Gasteiger partial charge in [0.2, 0.25) is 0 Å². The maximum absolute atomic E-state index is 11.9. The van der Waals surface area contributed by atoms with E-state index in [4.69, 9.17) is 5.73 Å². The molecular formula is C12H23N5O2S. The molecule has 0 aliphatic carbocycles. The van der Waals surface area contributed by atoms with Crippen molar-refractivity contribution in [2.24, 2.45) is 0 Å². The van der Waals surface area contributed by atoms with Crippen LogP contribution in [-0.2, 0) is 16.4 Å². The van der Waals surface area contributed by atoms with Crippen molar-refractivity contribution >= 4 is 21.5 Å². The van der Waals surface area contributed by atoms with Crippen LogP contribution in [0.3, 0.4) is 0 Å². The smallest absolute Gasteiger partial charge is 0.182 e. The van der Waals surface area contributed by atoms with Crippen LogP contribution < -0.4 is 16.4 Å². The van der Waals surface area contributed by atoms with E-state index in [0.717, 1.165) is 32.4 Å². The van der Waals surface area contributed by atoms with Crippen molar-refractivity contribution in [3.05, 3.63) is 0 Å². The topological polar surface area (TPSA) is 102 Å². The van der Waals surface area contributed by atoms with E-state index in [1.165, 1.54) is 6.26 Å². The number of aromatic nitrogens is 2. The normalized spacial score (nSPS) is 19.4. The minimum Gasteiger partial charge on any atom is -0.383 e. The lowest BCUT2D eigenvalue weighted by Crippen LogP contribution is -2.23. The second-order valence-corrected chi connectivity index (χ2v) is 7.20. The highest BCUT2D eigenvalue weighted by Gasteiger charge is 2.26. The molecule has 0 spiro atoms. The molecule has 1 atom stereocenters. The molecule has 1 unspecified atom stereocenters. The summed E-state index contributed by atoms with van der Waals surface area (Å²) in [5.41, 5.74) is 5.97. The van der Waals surface area contributed by atoms with E-state index in [1.54, 1.807) is 4.68 Å². The molecule has 114 valence electrons. The lowest BCUT2D eigenvalue weighted by atomic mass is 10.2. The number of aryl methyl sites for hydroxylation is 1. The third-order valence-electron chi connectivity index (χ3n) is 3.44. The van der Waals surface area contributed by atoms with Crippen LogP contribution >= 0.6 is 0 Å². The summed E-state index contributed by atoms with van der Waals surface area (Å²) in [6.45, 7) is 4.44. The molecule has 0 radical (unpaired) electrons. The fourth-order valence-corrected chi connectivity index (χ4v) is 3.30. The summed E-state index contributed by atoms with van der Waals surface area (Å²) in [5.74, 6) is 0.615. The number of nitrogens with two attached hydrogens (primary N) is 1. The fraction of sp³-hybridized carbons (Fsp3) is 0.750. The van der Waals surface area contributed by atoms with Gasteiger partial charge in [-0.25, -0.2) is 13.1 Å². The average molecular weight is 301 g/mol. The minimum atomic E-state index is -3.40. The number of hydrogen-bond donors (Lipinski definition) is 3. The maximum Gasteiger partial charge on any atom is 0.182 e. The zero-order chi connectivity index (χ0) is 14.8. The van der Waals surface area contributed by atoms with Gasteiger partial charge in [0.15, 0.2) is 20.6 Å². The zero-order valence-corrected chi connectivity index (χ0v) is 12.8. The molecule has 1 saturated heterocycles. The Kier molecular flexibility index (Phi) is 4.54. The van der Waals surface area contributed by atoms with Gasteiger partial charge in [-0.1, -0.05) is 13.3 Å². The largest absolute Gasteiger partial charge is 0.383 e. The van der Waals surface area contributed by atoms with E-state index < -0.39 is 9.84 Å². The lowest BCUT2D eigenvalue weighted by Gasteiger charge is -2.11. The quantitative estimate of drug-likeness (QED) is 0.705. The molecule has 0 amide bonds. The van der Waals surface area contributed by atoms with Crippen molar-refractivity contribution in [2.75, 3.05) is 30.4 Å². The molecule has 1 aromatic rings. The Bertz CT molecular complexity index is 561. The van der Waals surface area contributed by atoms with E-state index in [1.807, 2.05) is 0 Å². The van der Waals surface area contributed by atoms with Gasteiger partial charge >= 0.3 is 0 Å². The highest BCUT2D eigenvalue weighted by atomic mass is 32.2. The van der Waals surface area contributed by atoms with Crippen LogP contribution in [0.4, 0.5) is 11.6 Å². The van der Waals surface area contributed by atoms with Crippen LogP contribution in [-0.4, -0.2) is 43.6 Å². The number of sulfone groups is 1. The van der Waals surface area contributed by atoms with Gasteiger partial charge < -0.3 is 16.4 Å². The second-order valence-electron chi connectivity index (χ2n) is 5.25. The number of nitrogen functional groups attached to an aromatic ring is 1. The Labute approximate surface area is 119 Å². The van der Waals surface area contributed by atoms with Crippen LogP contribution in [0.25, 0.3) is 0 Å². The van der Waals surface area contributed by atoms with Crippen molar-refractivity contribution < 1.29 is 8.42 Å². The van der Waals surface area contributed by atoms with Crippen LogP contribution in [0.2, 0.25) is 0 Å². The van der Waals surface area contributed by atoms with Gasteiger partial charge in [-0.3, -0.25) is 0 Å². The second kappa shape index (κ2) is 6.01. The van der Waals surface area contributed by atoms with E-state index in [-0.39, 0.29) is 16.8 Å². The third kappa shape index (κ3) is 3.24. The van der Waals surface area contributed by atoms with Gasteiger partial charge in [-0.15, -0.1) is 0 Å². The molecule has 20 heavy (non-hydrogen) atoms. The highest BCUT2D eigenvalue weighted by molar-refractivity contribution is 7.91. The molecule has 2 heterocycles. The molecule has 1 aliphatic rings. The molecule has 1 fully saturated rings. The molecule has 7 nitrogen and oxygen atoms in total. The Balaban J connectivity index is 2.32. The summed E-state index contributed by atoms with van der Waals surface area (Å²) in [6.07, 6.45) is 4.04. The molecular weight excluding hydrogens is 278 g/mol. The predicted molar refractivity (Wildman–Crippen MR) is 79.6 cm³/mol. The van der Waals surface area contributed by atoms with Crippen molar-refractivity contribution in [2.45, 2.75) is 43.7 Å². The van der Waals surface area contributed by atoms with Crippen LogP contribution in [0.15, 0.2) is 4.90 Å². The SMILES string of the molecule is CCCCn1nc(NC2CCNC2)c(S(C)(=O)=O)c1N. The van der Waals surface area contributed by atoms with Crippen molar-refractivity contribution in [1.82, 2.24) is 15.1 Å². The van der Waals surface area contributed by atoms with Crippen molar-refractivity contribution in [3.63, 3.8) is 0 Å². The highest BCUT2D eigenvalue weighted by Crippen LogP contribution is 2.28. The molecule has 1 aromatic heterocycles. The van der Waals surface area contributed by atoms with Gasteiger partial charge in [0.1, 0.15) is 5.82 Å². The number of anilines is 2. The molecule has 8 heteroatoms. The Morgan fingerprint density at radius 1 is 1.55 bits per heavy atom. The first kappa shape index (κ1) is 15.1. The van der Waals surface area contributed by atoms with Crippen LogP contribution in [0, 0.1) is 0 Å². The van der Waals surface area contributed by atoms with Gasteiger partial charge in [0.05, 0.1) is 0 Å². The summed E-state index contributed by atoms with van der Waals surface area (Å²) in [6, 6.07) is 0.199. The van der Waals surface area contributed by atoms with E-state index in [9.17, 15) is 8.42 Å². The Hall–Kier alpha value is -1.28. The lowest BCUT2D eigenvalue weighted by molar-refractivity contribution is 0.578. The predicted octanol–water partition coefficient (Wildman–Crippen LogP) is 0.443. The average Bonchev–Trinajstić information content (AvgIpc) is 2.94. The first-order valence-electron chi connectivity index (χ1n) is 6.97. The first-order valence-corrected chi connectivity index (χ1v) is 8.86.